The van der Waals surface area contributed by atoms with Crippen molar-refractivity contribution in [2.24, 2.45) is 0 Å². The number of hydrogen-bond acceptors (Lipinski definition) is 1. The van der Waals surface area contributed by atoms with Crippen LogP contribution in [0.15, 0.2) is 0 Å². The van der Waals surface area contributed by atoms with Crippen LogP contribution < -0.4 is 0 Å². The van der Waals surface area contributed by atoms with Crippen molar-refractivity contribution in [3.63, 3.8) is 0 Å². The minimum absolute atomic E-state index is 1.33. The van der Waals surface area contributed by atoms with Gasteiger partial charge in [0, 0.05) is 0 Å². The second-order valence-electron chi connectivity index (χ2n) is 3.64. The van der Waals surface area contributed by atoms with Crippen molar-refractivity contribution >= 4 is 21.6 Å². The maximum atomic E-state index is 5.88. The van der Waals surface area contributed by atoms with Gasteiger partial charge in [0.2, 0.25) is 0 Å². The molecule has 12 heavy (non-hydrogen) atoms. The summed E-state index contributed by atoms with van der Waals surface area (Å²) >= 11 is -2.15. The topological polar surface area (TPSA) is 9.23 Å². The van der Waals surface area contributed by atoms with Crippen LogP contribution in [-0.2, 0) is 2.69 Å². The van der Waals surface area contributed by atoms with Gasteiger partial charge in [0.15, 0.2) is 0 Å². The van der Waals surface area contributed by atoms with Gasteiger partial charge in [-0.15, -0.1) is 0 Å². The van der Waals surface area contributed by atoms with Crippen molar-refractivity contribution in [3.05, 3.63) is 0 Å². The molecule has 0 unspecified atom stereocenters. The zero-order valence-electron chi connectivity index (χ0n) is 9.15. The SMILES string of the molecule is CC[CH2][Pb]([CH2]CC)([CH2]CC)[O]C. The summed E-state index contributed by atoms with van der Waals surface area (Å²) in [6, 6.07) is 0. The third-order valence-corrected chi connectivity index (χ3v) is 22.4. The molecule has 1 nitrogen and oxygen atoms in total. The predicted octanol–water partition coefficient (Wildman–Crippen LogP) is 3.81. The summed E-state index contributed by atoms with van der Waals surface area (Å²) in [5, 5.41) is 0. The van der Waals surface area contributed by atoms with E-state index in [9.17, 15) is 0 Å². The molecule has 0 aliphatic heterocycles. The Labute approximate surface area is 83.2 Å². The summed E-state index contributed by atoms with van der Waals surface area (Å²) in [5.74, 6) is 0. The molecule has 0 aliphatic rings. The van der Waals surface area contributed by atoms with E-state index in [1.54, 1.807) is 0 Å². The molecule has 0 saturated carbocycles. The molecule has 0 fully saturated rings. The van der Waals surface area contributed by atoms with Crippen LogP contribution in [0.2, 0.25) is 11.9 Å². The Morgan fingerprint density at radius 3 is 1.33 bits per heavy atom. The summed E-state index contributed by atoms with van der Waals surface area (Å²) in [6.07, 6.45) is 3.99. The van der Waals surface area contributed by atoms with E-state index >= 15 is 0 Å². The van der Waals surface area contributed by atoms with Gasteiger partial charge in [-0.05, 0) is 0 Å². The molecule has 74 valence electrons. The summed E-state index contributed by atoms with van der Waals surface area (Å²) in [4.78, 5) is 0. The summed E-state index contributed by atoms with van der Waals surface area (Å²) in [6.45, 7) is 6.87. The van der Waals surface area contributed by atoms with Crippen LogP contribution >= 0.6 is 0 Å². The van der Waals surface area contributed by atoms with Gasteiger partial charge in [0.05, 0.1) is 0 Å². The Bertz CT molecular complexity index is 87.0. The quantitative estimate of drug-likeness (QED) is 0.622. The van der Waals surface area contributed by atoms with Gasteiger partial charge >= 0.3 is 83.4 Å². The van der Waals surface area contributed by atoms with Gasteiger partial charge in [-0.1, -0.05) is 0 Å². The molecule has 0 radical (unpaired) electrons. The number of hydrogen-bond donors (Lipinski definition) is 0. The van der Waals surface area contributed by atoms with Gasteiger partial charge < -0.3 is 0 Å². The third-order valence-electron chi connectivity index (χ3n) is 2.55. The van der Waals surface area contributed by atoms with Crippen LogP contribution in [0.25, 0.3) is 0 Å². The molecule has 0 N–H and O–H groups in total. The van der Waals surface area contributed by atoms with E-state index in [4.69, 9.17) is 2.69 Å². The van der Waals surface area contributed by atoms with Crippen molar-refractivity contribution in [1.29, 1.82) is 0 Å². The van der Waals surface area contributed by atoms with E-state index in [-0.39, 0.29) is 0 Å². The van der Waals surface area contributed by atoms with E-state index in [1.165, 1.54) is 31.2 Å². The fourth-order valence-corrected chi connectivity index (χ4v) is 18.0. The average Bonchev–Trinajstić information content (AvgIpc) is 2.06. The van der Waals surface area contributed by atoms with Crippen molar-refractivity contribution in [2.45, 2.75) is 52.0 Å². The normalized spacial score (nSPS) is 12.0. The van der Waals surface area contributed by atoms with E-state index in [0.717, 1.165) is 0 Å². The molecule has 0 spiro atoms. The van der Waals surface area contributed by atoms with E-state index in [2.05, 4.69) is 20.8 Å². The molecule has 0 atom stereocenters. The van der Waals surface area contributed by atoms with Crippen LogP contribution in [0.1, 0.15) is 40.0 Å². The molecule has 0 aliphatic carbocycles. The van der Waals surface area contributed by atoms with Gasteiger partial charge in [-0.2, -0.15) is 0 Å². The molecule has 0 amide bonds. The molecule has 0 saturated heterocycles. The van der Waals surface area contributed by atoms with E-state index < -0.39 is 21.6 Å². The van der Waals surface area contributed by atoms with Crippen molar-refractivity contribution in [3.8, 4) is 0 Å². The molecule has 0 aromatic carbocycles. The molecule has 0 aromatic heterocycles. The third kappa shape index (κ3) is 4.21. The zero-order chi connectivity index (χ0) is 9.45. The maximum absolute atomic E-state index is 5.88. The molecule has 0 heterocycles. The van der Waals surface area contributed by atoms with Crippen LogP contribution in [-0.4, -0.2) is 28.7 Å². The second kappa shape index (κ2) is 7.30. The summed E-state index contributed by atoms with van der Waals surface area (Å²) < 4.78 is 10.2. The molecule has 2 heteroatoms. The van der Waals surface area contributed by atoms with E-state index in [1.807, 2.05) is 7.11 Å². The number of rotatable bonds is 7. The second-order valence-corrected chi connectivity index (χ2v) is 20.3. The van der Waals surface area contributed by atoms with Gasteiger partial charge in [-0.25, -0.2) is 0 Å². The Morgan fingerprint density at radius 1 is 0.833 bits per heavy atom. The van der Waals surface area contributed by atoms with Crippen LogP contribution in [0.5, 0.6) is 0 Å². The van der Waals surface area contributed by atoms with E-state index in [0.29, 0.717) is 0 Å². The fraction of sp³-hybridized carbons (Fsp3) is 1.00. The first-order valence-electron chi connectivity index (χ1n) is 5.29. The van der Waals surface area contributed by atoms with Crippen LogP contribution in [0, 0.1) is 0 Å². The molecule has 0 aromatic rings. The predicted molar refractivity (Wildman–Crippen MR) is 58.1 cm³/mol. The molecule has 0 bridgehead atoms. The zero-order valence-corrected chi connectivity index (χ0v) is 13.0. The van der Waals surface area contributed by atoms with Crippen molar-refractivity contribution in [1.82, 2.24) is 0 Å². The van der Waals surface area contributed by atoms with Crippen LogP contribution in [0.4, 0.5) is 0 Å². The van der Waals surface area contributed by atoms with Gasteiger partial charge in [0.25, 0.3) is 0 Å². The average molecular weight is 368 g/mol. The standard InChI is InChI=1S/3C3H7.CH3O.Pb/c3*1-3-2;1-2;/h3*1,3H2,2H3;1H3;/q;;;-1;+1. The summed E-state index contributed by atoms with van der Waals surface area (Å²) in [7, 11) is 1.96. The Morgan fingerprint density at radius 2 is 1.17 bits per heavy atom. The Hall–Kier alpha value is 0.882. The Kier molecular flexibility index (Phi) is 7.84. The minimum atomic E-state index is -2.15. The van der Waals surface area contributed by atoms with Crippen molar-refractivity contribution < 1.29 is 2.69 Å². The first-order chi connectivity index (χ1) is 5.74. The van der Waals surface area contributed by atoms with Crippen molar-refractivity contribution in [2.75, 3.05) is 7.11 Å². The Balaban J connectivity index is 4.06. The molecular weight excluding hydrogens is 343 g/mol. The van der Waals surface area contributed by atoms with Gasteiger partial charge in [-0.3, -0.25) is 0 Å². The van der Waals surface area contributed by atoms with Crippen LogP contribution in [0.3, 0.4) is 0 Å². The monoisotopic (exact) mass is 368 g/mol. The molecular formula is C10H24OPb. The fourth-order valence-electron chi connectivity index (χ4n) is 2.05. The first kappa shape index (κ1) is 12.9. The summed E-state index contributed by atoms with van der Waals surface area (Å²) in [5.41, 5.74) is 0. The molecule has 0 rings (SSSR count). The first-order valence-corrected chi connectivity index (χ1v) is 15.1. The van der Waals surface area contributed by atoms with Gasteiger partial charge in [0.1, 0.15) is 0 Å².